The Bertz CT molecular complexity index is 342. The molecule has 0 unspecified atom stereocenters. The zero-order chi connectivity index (χ0) is 13.4. The average molecular weight is 250 g/mol. The molecule has 0 heterocycles. The molecule has 0 radical (unpaired) electrons. The van der Waals surface area contributed by atoms with Gasteiger partial charge in [-0.15, -0.1) is 0 Å². The van der Waals surface area contributed by atoms with Crippen molar-refractivity contribution in [3.05, 3.63) is 35.9 Å². The number of hydrogen-bond donors (Lipinski definition) is 1. The molecule has 100 valence electrons. The van der Waals surface area contributed by atoms with Crippen molar-refractivity contribution in [2.24, 2.45) is 0 Å². The summed E-state index contributed by atoms with van der Waals surface area (Å²) in [4.78, 5) is 11.8. The van der Waals surface area contributed by atoms with Gasteiger partial charge in [-0.3, -0.25) is 0 Å². The summed E-state index contributed by atoms with van der Waals surface area (Å²) in [6.07, 6.45) is 2.38. The lowest BCUT2D eigenvalue weighted by molar-refractivity contribution is -0.160. The van der Waals surface area contributed by atoms with Crippen LogP contribution in [-0.2, 0) is 9.53 Å². The average Bonchev–Trinajstić information content (AvgIpc) is 2.39. The summed E-state index contributed by atoms with van der Waals surface area (Å²) in [6.45, 7) is 4.12. The third-order valence-corrected chi connectivity index (χ3v) is 2.84. The summed E-state index contributed by atoms with van der Waals surface area (Å²) in [5.74, 6) is -0.548. The summed E-state index contributed by atoms with van der Waals surface area (Å²) in [6, 6.07) is 8.88. The van der Waals surface area contributed by atoms with Crippen molar-refractivity contribution in [2.45, 2.75) is 51.7 Å². The van der Waals surface area contributed by atoms with E-state index in [1.54, 1.807) is 24.3 Å². The van der Waals surface area contributed by atoms with E-state index in [2.05, 4.69) is 13.8 Å². The second-order valence-electron chi connectivity index (χ2n) is 4.45. The summed E-state index contributed by atoms with van der Waals surface area (Å²) in [5, 5.41) is 9.90. The fourth-order valence-corrected chi connectivity index (χ4v) is 1.91. The third-order valence-electron chi connectivity index (χ3n) is 2.84. The van der Waals surface area contributed by atoms with Crippen LogP contribution in [0.1, 0.15) is 51.2 Å². The van der Waals surface area contributed by atoms with Crippen LogP contribution in [0.2, 0.25) is 0 Å². The van der Waals surface area contributed by atoms with Crippen LogP contribution in [0.4, 0.5) is 0 Å². The Hall–Kier alpha value is -1.35. The smallest absolute Gasteiger partial charge is 0.339 e. The Labute approximate surface area is 109 Å². The van der Waals surface area contributed by atoms with Crippen LogP contribution in [0.5, 0.6) is 0 Å². The van der Waals surface area contributed by atoms with E-state index in [1.807, 2.05) is 6.07 Å². The van der Waals surface area contributed by atoms with Crippen molar-refractivity contribution in [1.82, 2.24) is 0 Å². The van der Waals surface area contributed by atoms with Gasteiger partial charge < -0.3 is 9.84 Å². The maximum absolute atomic E-state index is 11.8. The van der Waals surface area contributed by atoms with E-state index in [0.717, 1.165) is 25.7 Å². The van der Waals surface area contributed by atoms with Crippen LogP contribution >= 0.6 is 0 Å². The Morgan fingerprint density at radius 2 is 1.72 bits per heavy atom. The maximum Gasteiger partial charge on any atom is 0.339 e. The van der Waals surface area contributed by atoms with Crippen molar-refractivity contribution in [3.8, 4) is 0 Å². The Balaban J connectivity index is 2.58. The van der Waals surface area contributed by atoms with Crippen LogP contribution in [0.15, 0.2) is 30.3 Å². The lowest BCUT2D eigenvalue weighted by atomic mass is 10.1. The number of aliphatic hydroxyl groups is 1. The van der Waals surface area contributed by atoms with Crippen LogP contribution < -0.4 is 0 Å². The topological polar surface area (TPSA) is 46.5 Å². The van der Waals surface area contributed by atoms with E-state index in [9.17, 15) is 9.90 Å². The molecule has 0 saturated heterocycles. The summed E-state index contributed by atoms with van der Waals surface area (Å²) in [7, 11) is 0. The van der Waals surface area contributed by atoms with Gasteiger partial charge in [0.2, 0.25) is 0 Å². The molecule has 0 bridgehead atoms. The van der Waals surface area contributed by atoms with Gasteiger partial charge in [0.1, 0.15) is 6.10 Å². The largest absolute Gasteiger partial charge is 0.460 e. The predicted octanol–water partition coefficient (Wildman–Crippen LogP) is 3.23. The fraction of sp³-hybridized carbons (Fsp3) is 0.533. The molecule has 0 aliphatic heterocycles. The van der Waals surface area contributed by atoms with Crippen LogP contribution in [-0.4, -0.2) is 17.2 Å². The molecule has 18 heavy (non-hydrogen) atoms. The fourth-order valence-electron chi connectivity index (χ4n) is 1.91. The Kier molecular flexibility index (Phi) is 6.44. The number of hydrogen-bond acceptors (Lipinski definition) is 3. The highest BCUT2D eigenvalue weighted by molar-refractivity contribution is 5.76. The maximum atomic E-state index is 11.8. The van der Waals surface area contributed by atoms with Crippen molar-refractivity contribution in [1.29, 1.82) is 0 Å². The minimum absolute atomic E-state index is 0.0779. The van der Waals surface area contributed by atoms with Gasteiger partial charge in [0.05, 0.1) is 0 Å². The number of ether oxygens (including phenoxy) is 1. The van der Waals surface area contributed by atoms with E-state index < -0.39 is 12.1 Å². The van der Waals surface area contributed by atoms with Gasteiger partial charge in [0.15, 0.2) is 6.10 Å². The van der Waals surface area contributed by atoms with Gasteiger partial charge in [-0.05, 0) is 18.4 Å². The minimum Gasteiger partial charge on any atom is -0.460 e. The first-order chi connectivity index (χ1) is 8.69. The molecule has 1 N–H and O–H groups in total. The molecule has 1 aromatic rings. The molecule has 1 atom stereocenters. The van der Waals surface area contributed by atoms with Gasteiger partial charge in [-0.25, -0.2) is 4.79 Å². The SMILES string of the molecule is CCCC(CCC)OC(=O)[C@@H](O)c1ccccc1. The molecule has 1 aromatic carbocycles. The highest BCUT2D eigenvalue weighted by atomic mass is 16.6. The van der Waals surface area contributed by atoms with E-state index >= 15 is 0 Å². The molecule has 0 fully saturated rings. The molecular weight excluding hydrogens is 228 g/mol. The molecule has 0 saturated carbocycles. The van der Waals surface area contributed by atoms with E-state index in [-0.39, 0.29) is 6.10 Å². The summed E-state index contributed by atoms with van der Waals surface area (Å²) in [5.41, 5.74) is 0.578. The number of benzene rings is 1. The number of esters is 1. The van der Waals surface area contributed by atoms with Gasteiger partial charge in [-0.1, -0.05) is 57.0 Å². The number of carbonyl (C=O) groups excluding carboxylic acids is 1. The standard InChI is InChI=1S/C15H22O3/c1-3-8-13(9-4-2)18-15(17)14(16)12-10-6-5-7-11-12/h5-7,10-11,13-14,16H,3-4,8-9H2,1-2H3/t14-/m0/s1. The second kappa shape index (κ2) is 7.88. The van der Waals surface area contributed by atoms with Crippen LogP contribution in [0, 0.1) is 0 Å². The first-order valence-electron chi connectivity index (χ1n) is 6.62. The molecule has 1 rings (SSSR count). The lowest BCUT2D eigenvalue weighted by Gasteiger charge is -2.19. The summed E-state index contributed by atoms with van der Waals surface area (Å²) >= 11 is 0. The quantitative estimate of drug-likeness (QED) is 0.756. The van der Waals surface area contributed by atoms with Crippen molar-refractivity contribution in [2.75, 3.05) is 0 Å². The molecule has 0 aliphatic carbocycles. The third kappa shape index (κ3) is 4.49. The molecule has 0 spiro atoms. The van der Waals surface area contributed by atoms with E-state index in [4.69, 9.17) is 4.74 Å². The zero-order valence-corrected chi connectivity index (χ0v) is 11.1. The first kappa shape index (κ1) is 14.7. The van der Waals surface area contributed by atoms with Crippen molar-refractivity contribution < 1.29 is 14.6 Å². The summed E-state index contributed by atoms with van der Waals surface area (Å²) < 4.78 is 5.36. The first-order valence-corrected chi connectivity index (χ1v) is 6.62. The van der Waals surface area contributed by atoms with E-state index in [1.165, 1.54) is 0 Å². The molecule has 3 nitrogen and oxygen atoms in total. The zero-order valence-electron chi connectivity index (χ0n) is 11.1. The van der Waals surface area contributed by atoms with Gasteiger partial charge in [0.25, 0.3) is 0 Å². The minimum atomic E-state index is -1.18. The van der Waals surface area contributed by atoms with Crippen LogP contribution in [0.25, 0.3) is 0 Å². The van der Waals surface area contributed by atoms with Gasteiger partial charge in [0, 0.05) is 0 Å². The highest BCUT2D eigenvalue weighted by Crippen LogP contribution is 2.17. The lowest BCUT2D eigenvalue weighted by Crippen LogP contribution is -2.23. The molecular formula is C15H22O3. The molecule has 0 aliphatic rings. The molecule has 0 amide bonds. The van der Waals surface area contributed by atoms with Crippen LogP contribution in [0.3, 0.4) is 0 Å². The number of carbonyl (C=O) groups is 1. The highest BCUT2D eigenvalue weighted by Gasteiger charge is 2.22. The Morgan fingerprint density at radius 1 is 1.17 bits per heavy atom. The van der Waals surface area contributed by atoms with E-state index in [0.29, 0.717) is 5.56 Å². The normalized spacial score (nSPS) is 12.4. The van der Waals surface area contributed by atoms with Gasteiger partial charge in [-0.2, -0.15) is 0 Å². The van der Waals surface area contributed by atoms with Crippen molar-refractivity contribution in [3.63, 3.8) is 0 Å². The second-order valence-corrected chi connectivity index (χ2v) is 4.45. The number of aliphatic hydroxyl groups excluding tert-OH is 1. The molecule has 3 heteroatoms. The Morgan fingerprint density at radius 3 is 2.22 bits per heavy atom. The van der Waals surface area contributed by atoms with Crippen molar-refractivity contribution >= 4 is 5.97 Å². The van der Waals surface area contributed by atoms with Gasteiger partial charge >= 0.3 is 5.97 Å². The molecule has 0 aromatic heterocycles. The number of rotatable bonds is 7. The monoisotopic (exact) mass is 250 g/mol. The predicted molar refractivity (Wildman–Crippen MR) is 71.1 cm³/mol.